The van der Waals surface area contributed by atoms with Gasteiger partial charge in [0.2, 0.25) is 0 Å². The Bertz CT molecular complexity index is 376. The minimum absolute atomic E-state index is 0.289. The molecule has 2 rings (SSSR count). The van der Waals surface area contributed by atoms with Crippen molar-refractivity contribution in [3.8, 4) is 0 Å². The molecule has 4 heteroatoms. The lowest BCUT2D eigenvalue weighted by Gasteiger charge is -2.16. The van der Waals surface area contributed by atoms with Gasteiger partial charge in [-0.15, -0.1) is 0 Å². The van der Waals surface area contributed by atoms with Crippen LogP contribution in [0.4, 0.5) is 0 Å². The van der Waals surface area contributed by atoms with E-state index in [4.69, 9.17) is 16.3 Å². The summed E-state index contributed by atoms with van der Waals surface area (Å²) < 4.78 is 4.90. The lowest BCUT2D eigenvalue weighted by atomic mass is 10.0. The van der Waals surface area contributed by atoms with Gasteiger partial charge >= 0.3 is 5.97 Å². The number of cyclic esters (lactones) is 1. The van der Waals surface area contributed by atoms with Crippen molar-refractivity contribution in [3.63, 3.8) is 0 Å². The Balaban J connectivity index is 2.63. The molecule has 1 aliphatic heterocycles. The van der Waals surface area contributed by atoms with Crippen molar-refractivity contribution in [2.75, 3.05) is 6.61 Å². The van der Waals surface area contributed by atoms with Gasteiger partial charge in [-0.1, -0.05) is 11.6 Å². The predicted molar refractivity (Wildman–Crippen MR) is 48.0 cm³/mol. The van der Waals surface area contributed by atoms with Gasteiger partial charge in [0.1, 0.15) is 5.15 Å². The number of esters is 1. The molecule has 2 heterocycles. The summed E-state index contributed by atoms with van der Waals surface area (Å²) in [5.41, 5.74) is 2.16. The number of fused-ring (bicyclic) bond motifs is 1. The number of carbonyl (C=O) groups is 1. The maximum Gasteiger partial charge on any atom is 0.340 e. The third-order valence-electron chi connectivity index (χ3n) is 2.04. The second kappa shape index (κ2) is 3.00. The van der Waals surface area contributed by atoms with E-state index < -0.39 is 0 Å². The van der Waals surface area contributed by atoms with Crippen LogP contribution in [0.2, 0.25) is 5.15 Å². The number of pyridine rings is 1. The van der Waals surface area contributed by atoms with Crippen LogP contribution >= 0.6 is 11.6 Å². The van der Waals surface area contributed by atoms with E-state index in [0.717, 1.165) is 11.3 Å². The fourth-order valence-electron chi connectivity index (χ4n) is 1.47. The first-order valence-electron chi connectivity index (χ1n) is 4.01. The molecule has 0 saturated carbocycles. The maximum atomic E-state index is 11.3. The smallest absolute Gasteiger partial charge is 0.340 e. The first-order chi connectivity index (χ1) is 6.18. The molecule has 0 fully saturated rings. The lowest BCUT2D eigenvalue weighted by molar-refractivity contribution is 0.0476. The van der Waals surface area contributed by atoms with Crippen LogP contribution < -0.4 is 0 Å². The Labute approximate surface area is 80.7 Å². The van der Waals surface area contributed by atoms with Crippen molar-refractivity contribution in [2.24, 2.45) is 0 Å². The molecule has 0 saturated heterocycles. The monoisotopic (exact) mass is 197 g/mol. The number of aryl methyl sites for hydroxylation is 1. The van der Waals surface area contributed by atoms with Gasteiger partial charge in [-0.25, -0.2) is 9.78 Å². The average molecular weight is 198 g/mol. The summed E-state index contributed by atoms with van der Waals surface area (Å²) in [6.45, 7) is 2.23. The van der Waals surface area contributed by atoms with E-state index in [9.17, 15) is 4.79 Å². The zero-order valence-corrected chi connectivity index (χ0v) is 7.89. The quantitative estimate of drug-likeness (QED) is 0.470. The standard InChI is InChI=1S/C9H8ClNO2/c1-5-4-7(10)11-6-2-3-13-9(12)8(5)6/h4H,2-3H2,1H3. The number of hydrogen-bond donors (Lipinski definition) is 0. The summed E-state index contributed by atoms with van der Waals surface area (Å²) in [6.07, 6.45) is 0.655. The Kier molecular flexibility index (Phi) is 1.96. The molecule has 0 N–H and O–H groups in total. The van der Waals surface area contributed by atoms with Gasteiger partial charge in [0.15, 0.2) is 0 Å². The summed E-state index contributed by atoms with van der Waals surface area (Å²) >= 11 is 5.77. The molecule has 1 aliphatic rings. The van der Waals surface area contributed by atoms with Crippen LogP contribution in [0.15, 0.2) is 6.07 Å². The third kappa shape index (κ3) is 1.40. The molecule has 0 aromatic carbocycles. The van der Waals surface area contributed by atoms with Crippen LogP contribution in [0.1, 0.15) is 21.6 Å². The largest absolute Gasteiger partial charge is 0.462 e. The van der Waals surface area contributed by atoms with Gasteiger partial charge in [0.25, 0.3) is 0 Å². The first-order valence-corrected chi connectivity index (χ1v) is 4.39. The molecule has 68 valence electrons. The van der Waals surface area contributed by atoms with Crippen LogP contribution in [0.3, 0.4) is 0 Å². The van der Waals surface area contributed by atoms with Gasteiger partial charge in [-0.05, 0) is 18.6 Å². The molecule has 0 aliphatic carbocycles. The Morgan fingerprint density at radius 1 is 1.62 bits per heavy atom. The van der Waals surface area contributed by atoms with E-state index in [0.29, 0.717) is 23.7 Å². The molecule has 13 heavy (non-hydrogen) atoms. The number of ether oxygens (including phenoxy) is 1. The summed E-state index contributed by atoms with van der Waals surface area (Å²) in [5.74, 6) is -0.289. The van der Waals surface area contributed by atoms with Crippen LogP contribution in [-0.2, 0) is 11.2 Å². The molecule has 1 aromatic heterocycles. The first kappa shape index (κ1) is 8.51. The van der Waals surface area contributed by atoms with Crippen LogP contribution in [0.25, 0.3) is 0 Å². The highest BCUT2D eigenvalue weighted by molar-refractivity contribution is 6.29. The topological polar surface area (TPSA) is 39.2 Å². The van der Waals surface area contributed by atoms with E-state index >= 15 is 0 Å². The Hall–Kier alpha value is -1.09. The van der Waals surface area contributed by atoms with Gasteiger partial charge in [-0.3, -0.25) is 0 Å². The van der Waals surface area contributed by atoms with Crippen molar-refractivity contribution >= 4 is 17.6 Å². The van der Waals surface area contributed by atoms with Crippen LogP contribution in [0.5, 0.6) is 0 Å². The Morgan fingerprint density at radius 3 is 3.15 bits per heavy atom. The van der Waals surface area contributed by atoms with Gasteiger partial charge in [0.05, 0.1) is 17.9 Å². The molecule has 0 bridgehead atoms. The number of carbonyl (C=O) groups excluding carboxylic acids is 1. The van der Waals surface area contributed by atoms with E-state index in [1.165, 1.54) is 0 Å². The minimum Gasteiger partial charge on any atom is -0.462 e. The predicted octanol–water partition coefficient (Wildman–Crippen LogP) is 1.76. The maximum absolute atomic E-state index is 11.3. The molecule has 0 amide bonds. The summed E-state index contributed by atoms with van der Waals surface area (Å²) in [6, 6.07) is 1.67. The highest BCUT2D eigenvalue weighted by atomic mass is 35.5. The van der Waals surface area contributed by atoms with E-state index in [2.05, 4.69) is 4.98 Å². The summed E-state index contributed by atoms with van der Waals surface area (Å²) in [7, 11) is 0. The Morgan fingerprint density at radius 2 is 2.38 bits per heavy atom. The van der Waals surface area contributed by atoms with Crippen molar-refractivity contribution in [3.05, 3.63) is 28.0 Å². The second-order valence-corrected chi connectivity index (χ2v) is 3.36. The van der Waals surface area contributed by atoms with E-state index in [1.54, 1.807) is 6.07 Å². The average Bonchev–Trinajstić information content (AvgIpc) is 2.02. The summed E-state index contributed by atoms with van der Waals surface area (Å²) in [4.78, 5) is 15.4. The minimum atomic E-state index is -0.289. The fraction of sp³-hybridized carbons (Fsp3) is 0.333. The molecule has 0 unspecified atom stereocenters. The zero-order valence-electron chi connectivity index (χ0n) is 7.13. The third-order valence-corrected chi connectivity index (χ3v) is 2.23. The van der Waals surface area contributed by atoms with Gasteiger partial charge < -0.3 is 4.74 Å². The number of rotatable bonds is 0. The number of aromatic nitrogens is 1. The summed E-state index contributed by atoms with van der Waals surface area (Å²) in [5, 5.41) is 0.436. The van der Waals surface area contributed by atoms with E-state index in [-0.39, 0.29) is 5.97 Å². The molecule has 0 radical (unpaired) electrons. The number of hydrogen-bond acceptors (Lipinski definition) is 3. The normalized spacial score (nSPS) is 15.1. The van der Waals surface area contributed by atoms with E-state index in [1.807, 2.05) is 6.92 Å². The van der Waals surface area contributed by atoms with Gasteiger partial charge in [0, 0.05) is 6.42 Å². The van der Waals surface area contributed by atoms with Crippen molar-refractivity contribution in [1.82, 2.24) is 4.98 Å². The number of halogens is 1. The van der Waals surface area contributed by atoms with Crippen LogP contribution in [0, 0.1) is 6.92 Å². The lowest BCUT2D eigenvalue weighted by Crippen LogP contribution is -2.20. The zero-order chi connectivity index (χ0) is 9.42. The fourth-order valence-corrected chi connectivity index (χ4v) is 1.73. The second-order valence-electron chi connectivity index (χ2n) is 2.97. The van der Waals surface area contributed by atoms with Gasteiger partial charge in [-0.2, -0.15) is 0 Å². The molecule has 0 spiro atoms. The highest BCUT2D eigenvalue weighted by Gasteiger charge is 2.22. The molecular weight excluding hydrogens is 190 g/mol. The SMILES string of the molecule is Cc1cc(Cl)nc2c1C(=O)OCC2. The highest BCUT2D eigenvalue weighted by Crippen LogP contribution is 2.21. The van der Waals surface area contributed by atoms with Crippen molar-refractivity contribution in [1.29, 1.82) is 0 Å². The van der Waals surface area contributed by atoms with Crippen molar-refractivity contribution < 1.29 is 9.53 Å². The van der Waals surface area contributed by atoms with Crippen molar-refractivity contribution in [2.45, 2.75) is 13.3 Å². The molecular formula is C9H8ClNO2. The molecule has 3 nitrogen and oxygen atoms in total. The molecule has 0 atom stereocenters. The molecule has 1 aromatic rings. The van der Waals surface area contributed by atoms with Crippen LogP contribution in [-0.4, -0.2) is 17.6 Å². The number of nitrogens with zero attached hydrogens (tertiary/aromatic N) is 1.